The maximum atomic E-state index is 12.1. The second-order valence-electron chi connectivity index (χ2n) is 5.27. The molecular weight excluding hydrogens is 288 g/mol. The fourth-order valence-corrected chi connectivity index (χ4v) is 3.10. The summed E-state index contributed by atoms with van der Waals surface area (Å²) in [6.07, 6.45) is 5.68. The molecule has 0 aliphatic carbocycles. The summed E-state index contributed by atoms with van der Waals surface area (Å²) in [6, 6.07) is 1.73. The molecule has 1 fully saturated rings. The number of amides is 1. The third kappa shape index (κ3) is 3.21. The number of hydrogen-bond acceptors (Lipinski definition) is 6. The molecule has 7 nitrogen and oxygen atoms in total. The molecule has 1 saturated heterocycles. The number of hydrogen-bond donors (Lipinski definition) is 1. The van der Waals surface area contributed by atoms with Gasteiger partial charge in [0.1, 0.15) is 5.69 Å². The monoisotopic (exact) mass is 306 g/mol. The number of nitrogens with zero attached hydrogens (tertiary/aromatic N) is 5. The van der Waals surface area contributed by atoms with Gasteiger partial charge in [-0.2, -0.15) is 13.8 Å². The van der Waals surface area contributed by atoms with Crippen LogP contribution in [0.4, 0.5) is 5.82 Å². The summed E-state index contributed by atoms with van der Waals surface area (Å²) in [7, 11) is 1.77. The quantitative estimate of drug-likeness (QED) is 0.909. The van der Waals surface area contributed by atoms with Crippen LogP contribution in [0.5, 0.6) is 0 Å². The molecule has 0 bridgehead atoms. The van der Waals surface area contributed by atoms with Gasteiger partial charge in [-0.05, 0) is 24.8 Å². The van der Waals surface area contributed by atoms with Crippen LogP contribution in [0, 0.1) is 5.92 Å². The number of aromatic nitrogens is 4. The van der Waals surface area contributed by atoms with Crippen molar-refractivity contribution in [3.05, 3.63) is 24.2 Å². The maximum Gasteiger partial charge on any atom is 0.269 e. The number of nitrogens with one attached hydrogen (secondary N) is 1. The highest BCUT2D eigenvalue weighted by Gasteiger charge is 2.22. The molecule has 3 rings (SSSR count). The lowest BCUT2D eigenvalue weighted by Crippen LogP contribution is -2.41. The Labute approximate surface area is 127 Å². The Hall–Kier alpha value is -1.96. The summed E-state index contributed by atoms with van der Waals surface area (Å²) in [5, 5.41) is 7.01. The summed E-state index contributed by atoms with van der Waals surface area (Å²) in [4.78, 5) is 14.3. The second kappa shape index (κ2) is 6.21. The van der Waals surface area contributed by atoms with E-state index in [1.807, 2.05) is 0 Å². The molecule has 1 aliphatic rings. The molecule has 21 heavy (non-hydrogen) atoms. The van der Waals surface area contributed by atoms with Crippen molar-refractivity contribution in [2.75, 3.05) is 24.5 Å². The first-order valence-electron chi connectivity index (χ1n) is 7.03. The Kier molecular flexibility index (Phi) is 4.14. The van der Waals surface area contributed by atoms with Crippen LogP contribution in [-0.4, -0.2) is 44.1 Å². The van der Waals surface area contributed by atoms with E-state index in [2.05, 4.69) is 24.1 Å². The van der Waals surface area contributed by atoms with Gasteiger partial charge in [-0.25, -0.2) is 0 Å². The highest BCUT2D eigenvalue weighted by Crippen LogP contribution is 2.21. The van der Waals surface area contributed by atoms with Crippen LogP contribution in [0.25, 0.3) is 0 Å². The molecule has 3 heterocycles. The summed E-state index contributed by atoms with van der Waals surface area (Å²) >= 11 is 1.23. The first-order chi connectivity index (χ1) is 10.2. The second-order valence-corrected chi connectivity index (χ2v) is 5.83. The average molecular weight is 306 g/mol. The highest BCUT2D eigenvalue weighted by atomic mass is 32.1. The molecule has 1 unspecified atom stereocenters. The van der Waals surface area contributed by atoms with Crippen LogP contribution in [0.15, 0.2) is 18.5 Å². The number of rotatable bonds is 4. The Morgan fingerprint density at radius 3 is 3.19 bits per heavy atom. The number of aryl methyl sites for hydroxylation is 1. The zero-order valence-corrected chi connectivity index (χ0v) is 12.7. The van der Waals surface area contributed by atoms with Gasteiger partial charge in [0.05, 0.1) is 17.9 Å². The van der Waals surface area contributed by atoms with E-state index >= 15 is 0 Å². The number of anilines is 1. The average Bonchev–Trinajstić information content (AvgIpc) is 3.16. The number of carbonyl (C=O) groups is 1. The minimum Gasteiger partial charge on any atom is -0.354 e. The molecule has 2 aromatic rings. The van der Waals surface area contributed by atoms with Crippen molar-refractivity contribution in [2.24, 2.45) is 13.0 Å². The lowest BCUT2D eigenvalue weighted by Gasteiger charge is -2.32. The smallest absolute Gasteiger partial charge is 0.269 e. The standard InChI is InChI=1S/C13H18N6OS/c1-18-11(4-5-15-18)13(20)14-7-10-3-2-6-19(9-10)12-8-16-21-17-12/h4-5,8,10H,2-3,6-7,9H2,1H3,(H,14,20). The molecule has 1 aliphatic heterocycles. The fourth-order valence-electron chi connectivity index (χ4n) is 2.66. The minimum atomic E-state index is -0.0672. The lowest BCUT2D eigenvalue weighted by molar-refractivity contribution is 0.0936. The van der Waals surface area contributed by atoms with E-state index in [1.54, 1.807) is 30.2 Å². The van der Waals surface area contributed by atoms with Gasteiger partial charge in [0.25, 0.3) is 5.91 Å². The molecule has 0 spiro atoms. The molecule has 0 radical (unpaired) electrons. The zero-order valence-electron chi connectivity index (χ0n) is 11.9. The van der Waals surface area contributed by atoms with Crippen LogP contribution in [-0.2, 0) is 7.05 Å². The van der Waals surface area contributed by atoms with Gasteiger partial charge in [0.2, 0.25) is 0 Å². The van der Waals surface area contributed by atoms with Crippen molar-refractivity contribution >= 4 is 23.5 Å². The van der Waals surface area contributed by atoms with Crippen LogP contribution < -0.4 is 10.2 Å². The first kappa shape index (κ1) is 14.0. The number of carbonyl (C=O) groups excluding carboxylic acids is 1. The molecular formula is C13H18N6OS. The van der Waals surface area contributed by atoms with E-state index in [9.17, 15) is 4.79 Å². The van der Waals surface area contributed by atoms with Gasteiger partial charge in [-0.15, -0.1) is 0 Å². The SMILES string of the molecule is Cn1nccc1C(=O)NCC1CCCN(c2cnsn2)C1. The van der Waals surface area contributed by atoms with Crippen molar-refractivity contribution in [3.63, 3.8) is 0 Å². The summed E-state index contributed by atoms with van der Waals surface area (Å²) in [5.41, 5.74) is 0.589. The predicted octanol–water partition coefficient (Wildman–Crippen LogP) is 0.918. The molecule has 1 N–H and O–H groups in total. The topological polar surface area (TPSA) is 75.9 Å². The van der Waals surface area contributed by atoms with Crippen molar-refractivity contribution in [2.45, 2.75) is 12.8 Å². The Morgan fingerprint density at radius 1 is 1.57 bits per heavy atom. The van der Waals surface area contributed by atoms with E-state index in [1.165, 1.54) is 11.7 Å². The van der Waals surface area contributed by atoms with Crippen LogP contribution in [0.2, 0.25) is 0 Å². The van der Waals surface area contributed by atoms with Gasteiger partial charge in [0.15, 0.2) is 5.82 Å². The lowest BCUT2D eigenvalue weighted by atomic mass is 9.98. The Balaban J connectivity index is 1.53. The van der Waals surface area contributed by atoms with E-state index in [4.69, 9.17) is 0 Å². The van der Waals surface area contributed by atoms with Gasteiger partial charge in [0, 0.05) is 32.9 Å². The van der Waals surface area contributed by atoms with Crippen molar-refractivity contribution in [1.82, 2.24) is 23.8 Å². The minimum absolute atomic E-state index is 0.0672. The third-order valence-corrected chi connectivity index (χ3v) is 4.27. The summed E-state index contributed by atoms with van der Waals surface area (Å²) in [6.45, 7) is 2.60. The van der Waals surface area contributed by atoms with E-state index in [0.29, 0.717) is 18.2 Å². The van der Waals surface area contributed by atoms with Gasteiger partial charge in [-0.1, -0.05) is 0 Å². The largest absolute Gasteiger partial charge is 0.354 e. The van der Waals surface area contributed by atoms with Crippen LogP contribution in [0.1, 0.15) is 23.3 Å². The molecule has 1 amide bonds. The molecule has 112 valence electrons. The normalized spacial score (nSPS) is 18.7. The molecule has 0 aromatic carbocycles. The van der Waals surface area contributed by atoms with E-state index in [0.717, 1.165) is 31.7 Å². The van der Waals surface area contributed by atoms with Gasteiger partial charge in [-0.3, -0.25) is 9.48 Å². The maximum absolute atomic E-state index is 12.1. The summed E-state index contributed by atoms with van der Waals surface area (Å²) < 4.78 is 9.92. The van der Waals surface area contributed by atoms with Gasteiger partial charge >= 0.3 is 0 Å². The molecule has 0 saturated carbocycles. The molecule has 1 atom stereocenters. The third-order valence-electron chi connectivity index (χ3n) is 3.80. The zero-order chi connectivity index (χ0) is 14.7. The fraction of sp³-hybridized carbons (Fsp3) is 0.538. The van der Waals surface area contributed by atoms with Crippen LogP contribution >= 0.6 is 11.7 Å². The van der Waals surface area contributed by atoms with E-state index in [-0.39, 0.29) is 5.91 Å². The molecule has 2 aromatic heterocycles. The first-order valence-corrected chi connectivity index (χ1v) is 7.76. The van der Waals surface area contributed by atoms with Crippen molar-refractivity contribution in [1.29, 1.82) is 0 Å². The molecule has 8 heteroatoms. The van der Waals surface area contributed by atoms with Crippen molar-refractivity contribution < 1.29 is 4.79 Å². The predicted molar refractivity (Wildman–Crippen MR) is 80.4 cm³/mol. The number of piperidine rings is 1. The Morgan fingerprint density at radius 2 is 2.48 bits per heavy atom. The highest BCUT2D eigenvalue weighted by molar-refractivity contribution is 6.99. The summed E-state index contributed by atoms with van der Waals surface area (Å²) in [5.74, 6) is 1.32. The van der Waals surface area contributed by atoms with E-state index < -0.39 is 0 Å². The Bertz CT molecular complexity index is 596. The van der Waals surface area contributed by atoms with Gasteiger partial charge < -0.3 is 10.2 Å². The van der Waals surface area contributed by atoms with Crippen molar-refractivity contribution in [3.8, 4) is 0 Å². The van der Waals surface area contributed by atoms with Crippen LogP contribution in [0.3, 0.4) is 0 Å².